The highest BCUT2D eigenvalue weighted by Gasteiger charge is 2.10. The van der Waals surface area contributed by atoms with Gasteiger partial charge in [0.25, 0.3) is 5.56 Å². The van der Waals surface area contributed by atoms with E-state index < -0.39 is 0 Å². The van der Waals surface area contributed by atoms with Crippen molar-refractivity contribution in [2.24, 2.45) is 0 Å². The van der Waals surface area contributed by atoms with E-state index in [1.54, 1.807) is 18.5 Å². The maximum atomic E-state index is 11.7. The fourth-order valence-electron chi connectivity index (χ4n) is 2.91. The Bertz CT molecular complexity index is 1180. The Balaban J connectivity index is 1.85. The number of benzene rings is 1. The number of nitrogens with zero attached hydrogens (tertiary/aromatic N) is 3. The lowest BCUT2D eigenvalue weighted by Gasteiger charge is -2.06. The summed E-state index contributed by atoms with van der Waals surface area (Å²) in [5.41, 5.74) is 5.17. The zero-order valence-electron chi connectivity index (χ0n) is 13.4. The van der Waals surface area contributed by atoms with E-state index in [1.807, 2.05) is 43.3 Å². The lowest BCUT2D eigenvalue weighted by atomic mass is 10.0. The Morgan fingerprint density at radius 2 is 1.92 bits per heavy atom. The molecule has 0 saturated carbocycles. The molecule has 1 aromatic carbocycles. The van der Waals surface area contributed by atoms with Crippen LogP contribution in [0.3, 0.4) is 0 Å². The van der Waals surface area contributed by atoms with Gasteiger partial charge in [0.15, 0.2) is 0 Å². The molecule has 0 aliphatic heterocycles. The van der Waals surface area contributed by atoms with Crippen molar-refractivity contribution < 1.29 is 0 Å². The van der Waals surface area contributed by atoms with E-state index in [2.05, 4.69) is 20.2 Å². The molecule has 0 atom stereocenters. The van der Waals surface area contributed by atoms with Gasteiger partial charge in [0.2, 0.25) is 0 Å². The van der Waals surface area contributed by atoms with Gasteiger partial charge in [0.1, 0.15) is 11.6 Å². The molecule has 6 nitrogen and oxygen atoms in total. The summed E-state index contributed by atoms with van der Waals surface area (Å²) in [5.74, 6) is 0. The highest BCUT2D eigenvalue weighted by Crippen LogP contribution is 2.29. The monoisotopic (exact) mass is 327 g/mol. The van der Waals surface area contributed by atoms with Crippen molar-refractivity contribution in [2.45, 2.75) is 6.92 Å². The molecule has 0 aliphatic rings. The summed E-state index contributed by atoms with van der Waals surface area (Å²) in [7, 11) is 0. The van der Waals surface area contributed by atoms with Crippen molar-refractivity contribution >= 4 is 10.9 Å². The summed E-state index contributed by atoms with van der Waals surface area (Å²) < 4.78 is 0. The molecule has 0 unspecified atom stereocenters. The van der Waals surface area contributed by atoms with Crippen molar-refractivity contribution in [3.05, 3.63) is 70.4 Å². The van der Waals surface area contributed by atoms with Crippen molar-refractivity contribution in [2.75, 3.05) is 0 Å². The topological polar surface area (TPSA) is 98.2 Å². The second-order valence-electron chi connectivity index (χ2n) is 5.78. The van der Waals surface area contributed by atoms with E-state index in [4.69, 9.17) is 5.26 Å². The standard InChI is InChI=1S/C19H13N5O/c1-11-16(7-15(9-20)19(25)23-11)12-2-3-17-14(6-12)8-18(24-17)13-4-5-21-22-10-13/h2-8,10,24H,1H3,(H,23,25). The van der Waals surface area contributed by atoms with Crippen LogP contribution in [0.1, 0.15) is 11.3 Å². The number of rotatable bonds is 2. The van der Waals surface area contributed by atoms with E-state index in [-0.39, 0.29) is 11.1 Å². The molecule has 4 aromatic rings. The first-order valence-corrected chi connectivity index (χ1v) is 7.70. The third-order valence-corrected chi connectivity index (χ3v) is 4.19. The summed E-state index contributed by atoms with van der Waals surface area (Å²) >= 11 is 0. The molecule has 0 amide bonds. The number of nitriles is 1. The number of nitrogens with one attached hydrogen (secondary N) is 2. The van der Waals surface area contributed by atoms with Crippen LogP contribution in [0, 0.1) is 18.3 Å². The first kappa shape index (κ1) is 14.8. The van der Waals surface area contributed by atoms with Gasteiger partial charge in [0, 0.05) is 33.4 Å². The molecule has 4 rings (SSSR count). The summed E-state index contributed by atoms with van der Waals surface area (Å²) in [4.78, 5) is 17.8. The molecule has 0 saturated heterocycles. The Labute approximate surface area is 142 Å². The molecule has 25 heavy (non-hydrogen) atoms. The van der Waals surface area contributed by atoms with Crippen molar-refractivity contribution in [1.29, 1.82) is 5.26 Å². The number of aryl methyl sites for hydroxylation is 1. The third kappa shape index (κ3) is 2.58. The molecule has 120 valence electrons. The average Bonchev–Trinajstić information content (AvgIpc) is 3.06. The van der Waals surface area contributed by atoms with Crippen LogP contribution in [0.15, 0.2) is 53.6 Å². The minimum Gasteiger partial charge on any atom is -0.354 e. The average molecular weight is 327 g/mol. The summed E-state index contributed by atoms with van der Waals surface area (Å²) in [6.07, 6.45) is 3.36. The molecule has 0 fully saturated rings. The highest BCUT2D eigenvalue weighted by molar-refractivity contribution is 5.89. The van der Waals surface area contributed by atoms with Gasteiger partial charge >= 0.3 is 0 Å². The van der Waals surface area contributed by atoms with Crippen LogP contribution in [-0.4, -0.2) is 20.2 Å². The van der Waals surface area contributed by atoms with Crippen LogP contribution in [-0.2, 0) is 0 Å². The first-order valence-electron chi connectivity index (χ1n) is 7.70. The summed E-state index contributed by atoms with van der Waals surface area (Å²) in [6, 6.07) is 13.5. The largest absolute Gasteiger partial charge is 0.354 e. The zero-order valence-corrected chi connectivity index (χ0v) is 13.4. The van der Waals surface area contributed by atoms with Crippen LogP contribution in [0.5, 0.6) is 0 Å². The van der Waals surface area contributed by atoms with Crippen LogP contribution >= 0.6 is 0 Å². The molecule has 2 N–H and O–H groups in total. The van der Waals surface area contributed by atoms with Gasteiger partial charge in [-0.1, -0.05) is 6.07 Å². The fourth-order valence-corrected chi connectivity index (χ4v) is 2.91. The lowest BCUT2D eigenvalue weighted by Crippen LogP contribution is -2.11. The molecule has 0 aliphatic carbocycles. The second kappa shape index (κ2) is 5.73. The Kier molecular flexibility index (Phi) is 3.40. The molecule has 3 heterocycles. The van der Waals surface area contributed by atoms with E-state index in [9.17, 15) is 4.79 Å². The van der Waals surface area contributed by atoms with Crippen LogP contribution in [0.25, 0.3) is 33.3 Å². The van der Waals surface area contributed by atoms with Gasteiger partial charge in [-0.25, -0.2) is 0 Å². The van der Waals surface area contributed by atoms with Gasteiger partial charge < -0.3 is 9.97 Å². The summed E-state index contributed by atoms with van der Waals surface area (Å²) in [5, 5.41) is 17.8. The predicted octanol–water partition coefficient (Wildman–Crippen LogP) is 3.16. The predicted molar refractivity (Wildman–Crippen MR) is 94.8 cm³/mol. The number of pyridine rings is 1. The van der Waals surface area contributed by atoms with E-state index in [0.29, 0.717) is 0 Å². The minimum atomic E-state index is -0.362. The maximum Gasteiger partial charge on any atom is 0.266 e. The van der Waals surface area contributed by atoms with E-state index in [0.717, 1.165) is 39.0 Å². The Morgan fingerprint density at radius 3 is 2.68 bits per heavy atom. The van der Waals surface area contributed by atoms with Crippen LogP contribution in [0.4, 0.5) is 0 Å². The maximum absolute atomic E-state index is 11.7. The van der Waals surface area contributed by atoms with Crippen molar-refractivity contribution in [3.63, 3.8) is 0 Å². The molecule has 3 aromatic heterocycles. The smallest absolute Gasteiger partial charge is 0.266 e. The molecule has 0 bridgehead atoms. The SMILES string of the molecule is Cc1[nH]c(=O)c(C#N)cc1-c1ccc2[nH]c(-c3ccnnc3)cc2c1. The van der Waals surface area contributed by atoms with Gasteiger partial charge in [-0.15, -0.1) is 0 Å². The quantitative estimate of drug-likeness (QED) is 0.591. The van der Waals surface area contributed by atoms with Crippen LogP contribution in [0.2, 0.25) is 0 Å². The highest BCUT2D eigenvalue weighted by atomic mass is 16.1. The fraction of sp³-hybridized carbons (Fsp3) is 0.0526. The summed E-state index contributed by atoms with van der Waals surface area (Å²) in [6.45, 7) is 1.83. The number of aromatic amines is 2. The molecular formula is C19H13N5O. The van der Waals surface area contributed by atoms with Gasteiger partial charge in [-0.05, 0) is 42.8 Å². The number of hydrogen-bond acceptors (Lipinski definition) is 4. The third-order valence-electron chi connectivity index (χ3n) is 4.19. The number of aromatic nitrogens is 4. The van der Waals surface area contributed by atoms with Gasteiger partial charge in [-0.3, -0.25) is 4.79 Å². The Hall–Kier alpha value is -3.72. The van der Waals surface area contributed by atoms with E-state index >= 15 is 0 Å². The molecular weight excluding hydrogens is 314 g/mol. The van der Waals surface area contributed by atoms with Gasteiger partial charge in [0.05, 0.1) is 12.4 Å². The van der Waals surface area contributed by atoms with Crippen LogP contribution < -0.4 is 5.56 Å². The van der Waals surface area contributed by atoms with Crippen molar-refractivity contribution in [1.82, 2.24) is 20.2 Å². The van der Waals surface area contributed by atoms with E-state index in [1.165, 1.54) is 0 Å². The number of hydrogen-bond donors (Lipinski definition) is 2. The van der Waals surface area contributed by atoms with Crippen molar-refractivity contribution in [3.8, 4) is 28.5 Å². The normalized spacial score (nSPS) is 10.7. The number of fused-ring (bicyclic) bond motifs is 1. The first-order chi connectivity index (χ1) is 12.2. The zero-order chi connectivity index (χ0) is 17.4. The lowest BCUT2D eigenvalue weighted by molar-refractivity contribution is 1.03. The Morgan fingerprint density at radius 1 is 1.04 bits per heavy atom. The number of H-pyrrole nitrogens is 2. The second-order valence-corrected chi connectivity index (χ2v) is 5.78. The van der Waals surface area contributed by atoms with Gasteiger partial charge in [-0.2, -0.15) is 15.5 Å². The molecule has 0 spiro atoms. The molecule has 6 heteroatoms. The minimum absolute atomic E-state index is 0.110. The molecule has 0 radical (unpaired) electrons.